The van der Waals surface area contributed by atoms with Gasteiger partial charge in [0.15, 0.2) is 0 Å². The van der Waals surface area contributed by atoms with Crippen molar-refractivity contribution in [1.29, 1.82) is 0 Å². The van der Waals surface area contributed by atoms with E-state index in [1.54, 1.807) is 0 Å². The standard InChI is InChI=1S/C17H17NS3/c1-19-17(14-7-5-11-18-13-14)16(10-6-12-20-17)21-15-8-3-2-4-9-15/h2-11,13,16H,12H2,1H3/t16-,17-/m1/s1. The summed E-state index contributed by atoms with van der Waals surface area (Å²) >= 11 is 5.87. The molecule has 0 N–H and O–H groups in total. The molecule has 3 rings (SSSR count). The normalized spacial score (nSPS) is 24.9. The molecule has 2 heterocycles. The second-order valence-electron chi connectivity index (χ2n) is 4.70. The molecule has 0 bridgehead atoms. The monoisotopic (exact) mass is 331 g/mol. The molecule has 0 spiro atoms. The van der Waals surface area contributed by atoms with Gasteiger partial charge in [-0.3, -0.25) is 4.98 Å². The lowest BCUT2D eigenvalue weighted by Gasteiger charge is -2.39. The maximum absolute atomic E-state index is 4.33. The first-order valence-corrected chi connectivity index (χ1v) is 9.92. The fourth-order valence-electron chi connectivity index (χ4n) is 2.43. The van der Waals surface area contributed by atoms with E-state index in [1.165, 1.54) is 10.5 Å². The number of benzene rings is 1. The Balaban J connectivity index is 1.96. The Hall–Kier alpha value is -0.840. The largest absolute Gasteiger partial charge is 0.264 e. The zero-order valence-corrected chi connectivity index (χ0v) is 14.3. The highest BCUT2D eigenvalue weighted by atomic mass is 32.2. The second-order valence-corrected chi connectivity index (χ2v) is 8.50. The average molecular weight is 332 g/mol. The summed E-state index contributed by atoms with van der Waals surface area (Å²) in [5, 5.41) is 0.401. The van der Waals surface area contributed by atoms with Crippen molar-refractivity contribution >= 4 is 35.3 Å². The Morgan fingerprint density at radius 3 is 2.76 bits per heavy atom. The molecule has 1 aromatic carbocycles. The Kier molecular flexibility index (Phi) is 4.99. The summed E-state index contributed by atoms with van der Waals surface area (Å²) in [6.45, 7) is 0. The van der Waals surface area contributed by atoms with Gasteiger partial charge in [-0.1, -0.05) is 36.4 Å². The highest BCUT2D eigenvalue weighted by Crippen LogP contribution is 2.55. The number of aromatic nitrogens is 1. The molecule has 0 saturated carbocycles. The van der Waals surface area contributed by atoms with Crippen molar-refractivity contribution in [1.82, 2.24) is 4.98 Å². The van der Waals surface area contributed by atoms with Crippen LogP contribution < -0.4 is 0 Å². The molecule has 1 aliphatic heterocycles. The fraction of sp³-hybridized carbons (Fsp3) is 0.235. The molecule has 21 heavy (non-hydrogen) atoms. The first kappa shape index (κ1) is 15.1. The Labute approximate surface area is 139 Å². The van der Waals surface area contributed by atoms with E-state index in [0.29, 0.717) is 5.25 Å². The van der Waals surface area contributed by atoms with Gasteiger partial charge >= 0.3 is 0 Å². The van der Waals surface area contributed by atoms with E-state index >= 15 is 0 Å². The molecule has 0 unspecified atom stereocenters. The van der Waals surface area contributed by atoms with Crippen molar-refractivity contribution < 1.29 is 0 Å². The smallest absolute Gasteiger partial charge is 0.103 e. The van der Waals surface area contributed by atoms with Gasteiger partial charge in [-0.2, -0.15) is 0 Å². The number of nitrogens with zero attached hydrogens (tertiary/aromatic N) is 1. The van der Waals surface area contributed by atoms with E-state index in [-0.39, 0.29) is 4.08 Å². The van der Waals surface area contributed by atoms with Crippen molar-refractivity contribution in [2.24, 2.45) is 0 Å². The van der Waals surface area contributed by atoms with Gasteiger partial charge in [-0.05, 0) is 30.0 Å². The fourth-order valence-corrected chi connectivity index (χ4v) is 6.63. The Bertz CT molecular complexity index is 600. The number of thioether (sulfide) groups is 3. The maximum Gasteiger partial charge on any atom is 0.103 e. The Morgan fingerprint density at radius 2 is 2.05 bits per heavy atom. The van der Waals surface area contributed by atoms with Gasteiger partial charge in [-0.15, -0.1) is 35.3 Å². The van der Waals surface area contributed by atoms with Gasteiger partial charge in [0.2, 0.25) is 0 Å². The van der Waals surface area contributed by atoms with E-state index in [4.69, 9.17) is 0 Å². The van der Waals surface area contributed by atoms with E-state index in [2.05, 4.69) is 59.8 Å². The summed E-state index contributed by atoms with van der Waals surface area (Å²) in [4.78, 5) is 5.65. The van der Waals surface area contributed by atoms with Crippen LogP contribution in [0.4, 0.5) is 0 Å². The third kappa shape index (κ3) is 3.17. The highest BCUT2D eigenvalue weighted by molar-refractivity contribution is 8.18. The SMILES string of the molecule is CS[C@]1(c2cccnc2)SCC=C[C@H]1Sc1ccccc1. The third-order valence-electron chi connectivity index (χ3n) is 3.45. The van der Waals surface area contributed by atoms with Crippen LogP contribution in [-0.2, 0) is 4.08 Å². The van der Waals surface area contributed by atoms with Crippen LogP contribution in [0, 0.1) is 0 Å². The summed E-state index contributed by atoms with van der Waals surface area (Å²) in [5.74, 6) is 1.06. The van der Waals surface area contributed by atoms with Crippen molar-refractivity contribution in [2.75, 3.05) is 12.0 Å². The number of hydrogen-bond acceptors (Lipinski definition) is 4. The van der Waals surface area contributed by atoms with Crippen LogP contribution in [0.25, 0.3) is 0 Å². The van der Waals surface area contributed by atoms with Crippen LogP contribution >= 0.6 is 35.3 Å². The summed E-state index contributed by atoms with van der Waals surface area (Å²) in [5.41, 5.74) is 1.31. The van der Waals surface area contributed by atoms with Gasteiger partial charge in [0.1, 0.15) is 4.08 Å². The van der Waals surface area contributed by atoms with Crippen molar-refractivity contribution in [3.63, 3.8) is 0 Å². The molecule has 1 aromatic heterocycles. The highest BCUT2D eigenvalue weighted by Gasteiger charge is 2.41. The predicted molar refractivity (Wildman–Crippen MR) is 97.1 cm³/mol. The van der Waals surface area contributed by atoms with E-state index in [9.17, 15) is 0 Å². The van der Waals surface area contributed by atoms with Gasteiger partial charge in [0, 0.05) is 23.0 Å². The minimum Gasteiger partial charge on any atom is -0.264 e. The molecule has 0 fully saturated rings. The van der Waals surface area contributed by atoms with Crippen LogP contribution in [0.3, 0.4) is 0 Å². The van der Waals surface area contributed by atoms with E-state index in [0.717, 1.165) is 5.75 Å². The molecule has 0 amide bonds. The topological polar surface area (TPSA) is 12.9 Å². The molecule has 1 nitrogen and oxygen atoms in total. The Morgan fingerprint density at radius 1 is 1.19 bits per heavy atom. The molecular weight excluding hydrogens is 314 g/mol. The van der Waals surface area contributed by atoms with Gasteiger partial charge in [0.05, 0.1) is 5.25 Å². The molecule has 4 heteroatoms. The molecule has 2 aromatic rings. The number of pyridine rings is 1. The summed E-state index contributed by atoms with van der Waals surface area (Å²) < 4.78 is 0.0313. The lowest BCUT2D eigenvalue weighted by molar-refractivity contribution is 0.896. The number of rotatable bonds is 4. The quantitative estimate of drug-likeness (QED) is 0.726. The lowest BCUT2D eigenvalue weighted by atomic mass is 10.1. The minimum atomic E-state index is 0.0313. The molecular formula is C17H17NS3. The zero-order chi connectivity index (χ0) is 14.5. The first-order chi connectivity index (χ1) is 10.3. The van der Waals surface area contributed by atoms with Crippen molar-refractivity contribution in [2.45, 2.75) is 14.2 Å². The maximum atomic E-state index is 4.33. The second kappa shape index (κ2) is 6.95. The van der Waals surface area contributed by atoms with Crippen molar-refractivity contribution in [3.05, 3.63) is 72.6 Å². The molecule has 0 radical (unpaired) electrons. The van der Waals surface area contributed by atoms with E-state index < -0.39 is 0 Å². The van der Waals surface area contributed by atoms with Crippen LogP contribution in [0.1, 0.15) is 5.56 Å². The van der Waals surface area contributed by atoms with Crippen LogP contribution in [0.2, 0.25) is 0 Å². The first-order valence-electron chi connectivity index (χ1n) is 6.83. The van der Waals surface area contributed by atoms with E-state index in [1.807, 2.05) is 53.7 Å². The van der Waals surface area contributed by atoms with Gasteiger partial charge in [0.25, 0.3) is 0 Å². The molecule has 1 aliphatic rings. The van der Waals surface area contributed by atoms with Gasteiger partial charge < -0.3 is 0 Å². The number of hydrogen-bond donors (Lipinski definition) is 0. The summed E-state index contributed by atoms with van der Waals surface area (Å²) in [6, 6.07) is 14.9. The summed E-state index contributed by atoms with van der Waals surface area (Å²) in [7, 11) is 0. The minimum absolute atomic E-state index is 0.0313. The zero-order valence-electron chi connectivity index (χ0n) is 11.8. The third-order valence-corrected chi connectivity index (χ3v) is 8.29. The van der Waals surface area contributed by atoms with Crippen LogP contribution in [-0.4, -0.2) is 22.2 Å². The van der Waals surface area contributed by atoms with Crippen LogP contribution in [0.15, 0.2) is 71.9 Å². The average Bonchev–Trinajstić information content (AvgIpc) is 2.57. The van der Waals surface area contributed by atoms with Gasteiger partial charge in [-0.25, -0.2) is 0 Å². The lowest BCUT2D eigenvalue weighted by Crippen LogP contribution is -2.32. The summed E-state index contributed by atoms with van der Waals surface area (Å²) in [6.07, 6.45) is 10.7. The molecule has 2 atom stereocenters. The van der Waals surface area contributed by atoms with Crippen LogP contribution in [0.5, 0.6) is 0 Å². The predicted octanol–water partition coefficient (Wildman–Crippen LogP) is 5.06. The molecule has 0 aliphatic carbocycles. The molecule has 0 saturated heterocycles. The molecule has 108 valence electrons. The van der Waals surface area contributed by atoms with Crippen molar-refractivity contribution in [3.8, 4) is 0 Å².